The lowest BCUT2D eigenvalue weighted by Crippen LogP contribution is -2.46. The second-order valence-electron chi connectivity index (χ2n) is 12.5. The topological polar surface area (TPSA) is 96.3 Å². The first-order chi connectivity index (χ1) is 24.4. The van der Waals surface area contributed by atoms with Crippen molar-refractivity contribution < 1.29 is 24.2 Å². The number of carbonyl (C=O) groups excluding carboxylic acids is 1. The Morgan fingerprint density at radius 1 is 0.863 bits per heavy atom. The lowest BCUT2D eigenvalue weighted by molar-refractivity contribution is -0.137. The molecule has 0 radical (unpaired) electrons. The van der Waals surface area contributed by atoms with Crippen LogP contribution in [0.3, 0.4) is 0 Å². The van der Waals surface area contributed by atoms with E-state index in [1.807, 2.05) is 95.7 Å². The number of rotatable bonds is 16. The quantitative estimate of drug-likeness (QED) is 0.0779. The van der Waals surface area contributed by atoms with Crippen molar-refractivity contribution in [3.8, 4) is 11.5 Å². The molecule has 51 heavy (non-hydrogen) atoms. The lowest BCUT2D eigenvalue weighted by atomic mass is 10.0. The number of halogens is 2. The van der Waals surface area contributed by atoms with Crippen LogP contribution in [0.5, 0.6) is 11.5 Å². The van der Waals surface area contributed by atoms with Crippen LogP contribution in [0.2, 0.25) is 5.02 Å². The highest BCUT2D eigenvalue weighted by Crippen LogP contribution is 2.31. The van der Waals surface area contributed by atoms with Crippen molar-refractivity contribution in [2.45, 2.75) is 32.4 Å². The zero-order valence-electron chi connectivity index (χ0n) is 28.7. The number of aromatic nitrogens is 1. The predicted molar refractivity (Wildman–Crippen MR) is 206 cm³/mol. The van der Waals surface area contributed by atoms with Gasteiger partial charge >= 0.3 is 5.97 Å². The number of nitrogens with zero attached hydrogens (tertiary/aromatic N) is 3. The van der Waals surface area contributed by atoms with E-state index in [9.17, 15) is 9.59 Å². The van der Waals surface area contributed by atoms with Crippen molar-refractivity contribution >= 4 is 58.0 Å². The van der Waals surface area contributed by atoms with Gasteiger partial charge in [0.2, 0.25) is 0 Å². The van der Waals surface area contributed by atoms with Crippen molar-refractivity contribution in [1.29, 1.82) is 0 Å². The number of carboxylic acid groups (broad SMARTS) is 1. The molecule has 1 aliphatic heterocycles. The van der Waals surface area contributed by atoms with Crippen LogP contribution in [0.1, 0.15) is 40.7 Å². The Labute approximate surface area is 310 Å². The second-order valence-corrected chi connectivity index (χ2v) is 12.9. The Kier molecular flexibility index (Phi) is 13.2. The van der Waals surface area contributed by atoms with Gasteiger partial charge in [-0.05, 0) is 66.9 Å². The van der Waals surface area contributed by atoms with Crippen molar-refractivity contribution in [3.63, 3.8) is 0 Å². The van der Waals surface area contributed by atoms with E-state index < -0.39 is 5.97 Å². The molecular weight excluding hydrogens is 687 g/mol. The molecular formula is C40H44Cl2N4O5. The third kappa shape index (κ3) is 9.55. The fourth-order valence-electron chi connectivity index (χ4n) is 6.47. The van der Waals surface area contributed by atoms with Gasteiger partial charge in [0.05, 0.1) is 25.1 Å². The van der Waals surface area contributed by atoms with Crippen LogP contribution >= 0.6 is 24.0 Å². The molecule has 6 rings (SSSR count). The van der Waals surface area contributed by atoms with Crippen molar-refractivity contribution in [2.75, 3.05) is 56.7 Å². The minimum atomic E-state index is -0.832. The minimum absolute atomic E-state index is 0. The Hall–Kier alpha value is -4.70. The van der Waals surface area contributed by atoms with Crippen LogP contribution in [0.15, 0.2) is 97.2 Å². The van der Waals surface area contributed by atoms with E-state index in [2.05, 4.69) is 21.2 Å². The molecule has 268 valence electrons. The van der Waals surface area contributed by atoms with Crippen molar-refractivity contribution in [1.82, 2.24) is 9.47 Å². The SMILES string of the molecule is COc1ccccc1N1CCN(CCCOc2cc(C(=O)c3cn(CCCC(=O)O)c4ccccc34)ccc2NCc2ccc(Cl)cc2)CC1.Cl. The summed E-state index contributed by atoms with van der Waals surface area (Å²) in [5, 5.41) is 14.1. The number of piperazine rings is 1. The smallest absolute Gasteiger partial charge is 0.303 e. The van der Waals surface area contributed by atoms with Crippen LogP contribution in [-0.4, -0.2) is 72.8 Å². The summed E-state index contributed by atoms with van der Waals surface area (Å²) in [5.74, 6) is 0.579. The molecule has 4 aromatic carbocycles. The molecule has 0 bridgehead atoms. The summed E-state index contributed by atoms with van der Waals surface area (Å²) in [6.07, 6.45) is 3.23. The van der Waals surface area contributed by atoms with Gasteiger partial charge in [-0.3, -0.25) is 14.5 Å². The monoisotopic (exact) mass is 730 g/mol. The normalized spacial score (nSPS) is 13.1. The third-order valence-electron chi connectivity index (χ3n) is 9.14. The Balaban J connectivity index is 0.00000504. The van der Waals surface area contributed by atoms with Crippen LogP contribution in [0.25, 0.3) is 10.9 Å². The van der Waals surface area contributed by atoms with Gasteiger partial charge in [0.25, 0.3) is 0 Å². The van der Waals surface area contributed by atoms with Crippen molar-refractivity contribution in [2.24, 2.45) is 0 Å². The zero-order valence-corrected chi connectivity index (χ0v) is 30.3. The molecule has 0 atom stereocenters. The fraction of sp³-hybridized carbons (Fsp3) is 0.300. The largest absolute Gasteiger partial charge is 0.495 e. The number of benzene rings is 4. The number of nitrogens with one attached hydrogen (secondary N) is 1. The van der Waals surface area contributed by atoms with Gasteiger partial charge in [-0.1, -0.05) is 54.1 Å². The summed E-state index contributed by atoms with van der Waals surface area (Å²) < 4.78 is 13.9. The summed E-state index contributed by atoms with van der Waals surface area (Å²) in [6, 6.07) is 29.2. The van der Waals surface area contributed by atoms with Crippen LogP contribution in [-0.2, 0) is 17.9 Å². The molecule has 2 heterocycles. The van der Waals surface area contributed by atoms with Gasteiger partial charge < -0.3 is 29.4 Å². The minimum Gasteiger partial charge on any atom is -0.495 e. The third-order valence-corrected chi connectivity index (χ3v) is 9.39. The number of aliphatic carboxylic acids is 1. The zero-order chi connectivity index (χ0) is 34.9. The number of fused-ring (bicyclic) bond motifs is 1. The first-order valence-corrected chi connectivity index (χ1v) is 17.5. The number of hydrogen-bond donors (Lipinski definition) is 2. The molecule has 0 amide bonds. The fourth-order valence-corrected chi connectivity index (χ4v) is 6.60. The lowest BCUT2D eigenvalue weighted by Gasteiger charge is -2.36. The van der Waals surface area contributed by atoms with Gasteiger partial charge in [-0.2, -0.15) is 0 Å². The number of aryl methyl sites for hydroxylation is 1. The van der Waals surface area contributed by atoms with Crippen LogP contribution in [0.4, 0.5) is 11.4 Å². The van der Waals surface area contributed by atoms with E-state index in [1.165, 1.54) is 0 Å². The highest BCUT2D eigenvalue weighted by Gasteiger charge is 2.21. The summed E-state index contributed by atoms with van der Waals surface area (Å²) in [6.45, 7) is 6.27. The Morgan fingerprint density at radius 2 is 1.61 bits per heavy atom. The first kappa shape index (κ1) is 37.6. The Morgan fingerprint density at radius 3 is 2.37 bits per heavy atom. The van der Waals surface area contributed by atoms with E-state index in [-0.39, 0.29) is 24.6 Å². The highest BCUT2D eigenvalue weighted by molar-refractivity contribution is 6.30. The number of methoxy groups -OCH3 is 1. The molecule has 9 nitrogen and oxygen atoms in total. The van der Waals surface area contributed by atoms with Gasteiger partial charge in [0.15, 0.2) is 5.78 Å². The molecule has 2 N–H and O–H groups in total. The highest BCUT2D eigenvalue weighted by atomic mass is 35.5. The molecule has 1 aromatic heterocycles. The van der Waals surface area contributed by atoms with E-state index >= 15 is 0 Å². The van der Waals surface area contributed by atoms with E-state index in [4.69, 9.17) is 26.2 Å². The van der Waals surface area contributed by atoms with Gasteiger partial charge in [-0.15, -0.1) is 12.4 Å². The molecule has 0 unspecified atom stereocenters. The number of anilines is 2. The molecule has 0 aliphatic carbocycles. The average Bonchev–Trinajstić information content (AvgIpc) is 3.51. The predicted octanol–water partition coefficient (Wildman–Crippen LogP) is 8.02. The molecule has 11 heteroatoms. The summed E-state index contributed by atoms with van der Waals surface area (Å²) in [5.41, 5.74) is 5.02. The Bertz CT molecular complexity index is 1920. The first-order valence-electron chi connectivity index (χ1n) is 17.1. The average molecular weight is 732 g/mol. The van der Waals surface area contributed by atoms with Crippen LogP contribution < -0.4 is 19.7 Å². The molecule has 0 spiro atoms. The molecule has 0 saturated carbocycles. The number of carboxylic acids is 1. The number of ketones is 1. The van der Waals surface area contributed by atoms with E-state index in [0.717, 1.165) is 72.7 Å². The van der Waals surface area contributed by atoms with E-state index in [0.29, 0.717) is 48.0 Å². The standard InChI is InChI=1S/C40H43ClN4O5.ClH/c1-49-37-11-5-4-10-36(37)44-23-21-43(22-24-44)19-7-25-50-38-26-30(15-18-34(38)42-27-29-13-16-31(41)17-14-29)40(48)33-28-45(20-6-12-39(46)47)35-9-3-2-8-32(33)35;/h2-5,8-11,13-18,26,28,42H,6-7,12,19-25,27H2,1H3,(H,46,47);1H. The van der Waals surface area contributed by atoms with E-state index in [1.54, 1.807) is 7.11 Å². The van der Waals surface area contributed by atoms with Crippen LogP contribution in [0, 0.1) is 0 Å². The summed E-state index contributed by atoms with van der Waals surface area (Å²) in [4.78, 5) is 30.0. The maximum Gasteiger partial charge on any atom is 0.303 e. The number of ether oxygens (including phenoxy) is 2. The number of hydrogen-bond acceptors (Lipinski definition) is 7. The molecule has 1 aliphatic rings. The molecule has 5 aromatic rings. The number of carbonyl (C=O) groups is 2. The molecule has 1 fully saturated rings. The van der Waals surface area contributed by atoms with Gasteiger partial charge in [0, 0.05) is 85.5 Å². The maximum atomic E-state index is 14.0. The maximum absolute atomic E-state index is 14.0. The summed E-state index contributed by atoms with van der Waals surface area (Å²) in [7, 11) is 1.71. The number of para-hydroxylation sites is 3. The van der Waals surface area contributed by atoms with Crippen molar-refractivity contribution in [3.05, 3.63) is 119 Å². The second kappa shape index (κ2) is 18.0. The van der Waals surface area contributed by atoms with Gasteiger partial charge in [-0.25, -0.2) is 0 Å². The molecule has 1 saturated heterocycles. The van der Waals surface area contributed by atoms with Gasteiger partial charge in [0.1, 0.15) is 11.5 Å². The summed E-state index contributed by atoms with van der Waals surface area (Å²) >= 11 is 6.09.